The first-order valence-corrected chi connectivity index (χ1v) is 10.7. The minimum Gasteiger partial charge on any atom is -0.309 e. The molecule has 5 nitrogen and oxygen atoms in total. The minimum atomic E-state index is -3.27. The maximum absolute atomic E-state index is 12.8. The number of sulfonamides is 1. The van der Waals surface area contributed by atoms with Gasteiger partial charge in [0.15, 0.2) is 0 Å². The van der Waals surface area contributed by atoms with Gasteiger partial charge in [-0.25, -0.2) is 8.42 Å². The van der Waals surface area contributed by atoms with Crippen LogP contribution in [-0.4, -0.2) is 74.9 Å². The summed E-state index contributed by atoms with van der Waals surface area (Å²) in [6, 6.07) is 8.27. The number of benzene rings is 1. The first kappa shape index (κ1) is 20.4. The van der Waals surface area contributed by atoms with Crippen LogP contribution in [0.3, 0.4) is 0 Å². The fraction of sp³-hybridized carbons (Fsp3) is 0.684. The molecule has 0 radical (unpaired) electrons. The predicted octanol–water partition coefficient (Wildman–Crippen LogP) is 2.17. The first-order valence-electron chi connectivity index (χ1n) is 9.13. The number of aryl methyl sites for hydroxylation is 1. The van der Waals surface area contributed by atoms with Crippen LogP contribution in [0, 0.1) is 6.92 Å². The smallest absolute Gasteiger partial charge is 0.218 e. The van der Waals surface area contributed by atoms with E-state index in [1.165, 1.54) is 0 Å². The van der Waals surface area contributed by atoms with Gasteiger partial charge in [0, 0.05) is 31.7 Å². The molecule has 0 spiro atoms. The molecular weight excluding hydrogens is 334 g/mol. The summed E-state index contributed by atoms with van der Waals surface area (Å²) in [7, 11) is 0.898. The highest BCUT2D eigenvalue weighted by Gasteiger charge is 2.34. The normalized spacial score (nSPS) is 23.3. The van der Waals surface area contributed by atoms with E-state index >= 15 is 0 Å². The number of rotatable bonds is 7. The Morgan fingerprint density at radius 1 is 1.08 bits per heavy atom. The van der Waals surface area contributed by atoms with Crippen molar-refractivity contribution in [3.8, 4) is 0 Å². The van der Waals surface area contributed by atoms with Gasteiger partial charge >= 0.3 is 0 Å². The molecule has 0 saturated carbocycles. The molecule has 1 fully saturated rings. The Morgan fingerprint density at radius 3 is 2.16 bits per heavy atom. The summed E-state index contributed by atoms with van der Waals surface area (Å²) in [6.07, 6.45) is 1.11. The number of nitrogens with zero attached hydrogens (tertiary/aromatic N) is 3. The van der Waals surface area contributed by atoms with Gasteiger partial charge in [-0.15, -0.1) is 0 Å². The van der Waals surface area contributed by atoms with E-state index in [1.54, 1.807) is 4.31 Å². The Labute approximate surface area is 153 Å². The molecule has 2 unspecified atom stereocenters. The Balaban J connectivity index is 1.98. The van der Waals surface area contributed by atoms with Gasteiger partial charge in [-0.3, -0.25) is 4.90 Å². The fourth-order valence-corrected chi connectivity index (χ4v) is 5.21. The minimum absolute atomic E-state index is 0.0906. The monoisotopic (exact) mass is 367 g/mol. The van der Waals surface area contributed by atoms with Crippen LogP contribution in [0.5, 0.6) is 0 Å². The van der Waals surface area contributed by atoms with Crippen LogP contribution in [0.15, 0.2) is 24.3 Å². The Hall–Kier alpha value is -0.950. The zero-order chi connectivity index (χ0) is 18.6. The van der Waals surface area contributed by atoms with E-state index in [1.807, 2.05) is 31.2 Å². The molecule has 0 N–H and O–H groups in total. The largest absolute Gasteiger partial charge is 0.309 e. The summed E-state index contributed by atoms with van der Waals surface area (Å²) in [5.41, 5.74) is 2.01. The van der Waals surface area contributed by atoms with Crippen molar-refractivity contribution in [2.24, 2.45) is 0 Å². The Kier molecular flexibility index (Phi) is 7.02. The van der Waals surface area contributed by atoms with Crippen LogP contribution >= 0.6 is 0 Å². The molecule has 25 heavy (non-hydrogen) atoms. The van der Waals surface area contributed by atoms with Crippen LogP contribution in [0.25, 0.3) is 0 Å². The quantitative estimate of drug-likeness (QED) is 0.741. The maximum Gasteiger partial charge on any atom is 0.218 e. The molecule has 2 rings (SSSR count). The van der Waals surface area contributed by atoms with Gasteiger partial charge in [0.2, 0.25) is 10.0 Å². The van der Waals surface area contributed by atoms with E-state index < -0.39 is 10.0 Å². The van der Waals surface area contributed by atoms with Crippen molar-refractivity contribution in [1.82, 2.24) is 14.1 Å². The third-order valence-electron chi connectivity index (χ3n) is 4.95. The summed E-state index contributed by atoms with van der Waals surface area (Å²) in [4.78, 5) is 4.64. The predicted molar refractivity (Wildman–Crippen MR) is 104 cm³/mol. The third kappa shape index (κ3) is 5.78. The molecule has 1 saturated heterocycles. The van der Waals surface area contributed by atoms with Gasteiger partial charge in [0.25, 0.3) is 0 Å². The zero-order valence-electron chi connectivity index (χ0n) is 16.3. The maximum atomic E-state index is 12.8. The lowest BCUT2D eigenvalue weighted by atomic mass is 10.1. The Morgan fingerprint density at radius 2 is 1.64 bits per heavy atom. The zero-order valence-corrected chi connectivity index (χ0v) is 17.1. The van der Waals surface area contributed by atoms with Crippen molar-refractivity contribution in [3.05, 3.63) is 35.4 Å². The molecule has 0 amide bonds. The lowest BCUT2D eigenvalue weighted by Gasteiger charge is -2.44. The average Bonchev–Trinajstić information content (AvgIpc) is 2.51. The van der Waals surface area contributed by atoms with Gasteiger partial charge in [0.05, 0.1) is 5.75 Å². The van der Waals surface area contributed by atoms with E-state index in [-0.39, 0.29) is 17.8 Å². The number of hydrogen-bond acceptors (Lipinski definition) is 4. The molecule has 0 bridgehead atoms. The highest BCUT2D eigenvalue weighted by atomic mass is 32.2. The molecule has 1 aromatic rings. The number of piperazine rings is 1. The lowest BCUT2D eigenvalue weighted by Crippen LogP contribution is -2.58. The first-order chi connectivity index (χ1) is 11.7. The van der Waals surface area contributed by atoms with E-state index in [2.05, 4.69) is 37.7 Å². The van der Waals surface area contributed by atoms with Gasteiger partial charge in [-0.2, -0.15) is 4.31 Å². The molecule has 2 atom stereocenters. The van der Waals surface area contributed by atoms with E-state index in [9.17, 15) is 8.42 Å². The average molecular weight is 368 g/mol. The van der Waals surface area contributed by atoms with E-state index in [4.69, 9.17) is 0 Å². The van der Waals surface area contributed by atoms with Crippen molar-refractivity contribution in [3.63, 3.8) is 0 Å². The van der Waals surface area contributed by atoms with Crippen LogP contribution in [0.2, 0.25) is 0 Å². The van der Waals surface area contributed by atoms with Gasteiger partial charge < -0.3 is 4.90 Å². The molecule has 1 aromatic carbocycles. The van der Waals surface area contributed by atoms with Crippen molar-refractivity contribution < 1.29 is 8.42 Å². The van der Waals surface area contributed by atoms with Gasteiger partial charge in [-0.1, -0.05) is 29.8 Å². The van der Waals surface area contributed by atoms with Crippen molar-refractivity contribution in [1.29, 1.82) is 0 Å². The molecule has 1 aliphatic rings. The molecule has 0 aliphatic carbocycles. The fourth-order valence-electron chi connectivity index (χ4n) is 3.53. The molecule has 0 aromatic heterocycles. The molecule has 1 aliphatic heterocycles. The number of hydrogen-bond donors (Lipinski definition) is 0. The van der Waals surface area contributed by atoms with Crippen molar-refractivity contribution in [2.75, 3.05) is 40.3 Å². The summed E-state index contributed by atoms with van der Waals surface area (Å²) in [5, 5.41) is 0. The standard InChI is InChI=1S/C19H33N3O2S/c1-16-7-9-19(10-8-16)15-25(23,24)21-13-17(2)22(18(3)14-21)12-6-11-20(4)5/h7-10,17-18H,6,11-15H2,1-5H3. The molecule has 142 valence electrons. The van der Waals surface area contributed by atoms with Crippen LogP contribution in [0.1, 0.15) is 31.4 Å². The highest BCUT2D eigenvalue weighted by molar-refractivity contribution is 7.88. The van der Waals surface area contributed by atoms with Crippen molar-refractivity contribution >= 4 is 10.0 Å². The summed E-state index contributed by atoms with van der Waals surface area (Å²) >= 11 is 0. The van der Waals surface area contributed by atoms with Crippen LogP contribution < -0.4 is 0 Å². The second-order valence-corrected chi connectivity index (χ2v) is 9.62. The molecule has 1 heterocycles. The second kappa shape index (κ2) is 8.62. The summed E-state index contributed by atoms with van der Waals surface area (Å²) < 4.78 is 27.4. The SMILES string of the molecule is Cc1ccc(CS(=O)(=O)N2CC(C)N(CCCN(C)C)C(C)C2)cc1. The van der Waals surface area contributed by atoms with Crippen LogP contribution in [0.4, 0.5) is 0 Å². The molecule has 6 heteroatoms. The van der Waals surface area contributed by atoms with Gasteiger partial charge in [0.1, 0.15) is 0 Å². The van der Waals surface area contributed by atoms with Crippen LogP contribution in [-0.2, 0) is 15.8 Å². The van der Waals surface area contributed by atoms with Crippen molar-refractivity contribution in [2.45, 2.75) is 45.0 Å². The lowest BCUT2D eigenvalue weighted by molar-refractivity contribution is 0.0739. The van der Waals surface area contributed by atoms with E-state index in [0.717, 1.165) is 30.6 Å². The highest BCUT2D eigenvalue weighted by Crippen LogP contribution is 2.21. The van der Waals surface area contributed by atoms with Gasteiger partial charge in [-0.05, 0) is 53.4 Å². The topological polar surface area (TPSA) is 43.9 Å². The third-order valence-corrected chi connectivity index (χ3v) is 6.74. The molecular formula is C19H33N3O2S. The summed E-state index contributed by atoms with van der Waals surface area (Å²) in [5.74, 6) is 0.0906. The Bertz CT molecular complexity index is 631. The second-order valence-electron chi connectivity index (χ2n) is 7.65. The summed E-state index contributed by atoms with van der Waals surface area (Å²) in [6.45, 7) is 9.54. The van der Waals surface area contributed by atoms with E-state index in [0.29, 0.717) is 13.1 Å².